The average molecular weight is 261 g/mol. The standard InChI is InChI=1S/C16H17ClO/c1-12-9-10-13-6-2-3-7-14(13)16(12)15(18)8-4-5-11-17/h2-3,6-7,9-10H,4-5,8,11H2,1H3. The van der Waals surface area contributed by atoms with Crippen LogP contribution in [0.4, 0.5) is 0 Å². The maximum atomic E-state index is 12.3. The van der Waals surface area contributed by atoms with Crippen molar-refractivity contribution in [2.75, 3.05) is 5.88 Å². The number of benzene rings is 2. The summed E-state index contributed by atoms with van der Waals surface area (Å²) >= 11 is 5.65. The minimum atomic E-state index is 0.231. The topological polar surface area (TPSA) is 17.1 Å². The van der Waals surface area contributed by atoms with E-state index >= 15 is 0 Å². The highest BCUT2D eigenvalue weighted by molar-refractivity contribution is 6.17. The summed E-state index contributed by atoms with van der Waals surface area (Å²) in [6.07, 6.45) is 2.35. The largest absolute Gasteiger partial charge is 0.294 e. The number of halogens is 1. The van der Waals surface area contributed by atoms with Gasteiger partial charge in [0.25, 0.3) is 0 Å². The van der Waals surface area contributed by atoms with Gasteiger partial charge in [-0.3, -0.25) is 4.79 Å². The number of unbranched alkanes of at least 4 members (excludes halogenated alkanes) is 1. The molecule has 1 nitrogen and oxygen atoms in total. The SMILES string of the molecule is Cc1ccc2ccccc2c1C(=O)CCCCCl. The van der Waals surface area contributed by atoms with Gasteiger partial charge in [-0.2, -0.15) is 0 Å². The second kappa shape index (κ2) is 6.01. The molecule has 0 radical (unpaired) electrons. The monoisotopic (exact) mass is 260 g/mol. The van der Waals surface area contributed by atoms with Crippen LogP contribution < -0.4 is 0 Å². The van der Waals surface area contributed by atoms with Crippen LogP contribution >= 0.6 is 11.6 Å². The Morgan fingerprint density at radius 2 is 1.89 bits per heavy atom. The van der Waals surface area contributed by atoms with E-state index in [4.69, 9.17) is 11.6 Å². The van der Waals surface area contributed by atoms with Crippen LogP contribution in [0.5, 0.6) is 0 Å². The Bertz CT molecular complexity index is 560. The predicted molar refractivity (Wildman–Crippen MR) is 77.6 cm³/mol. The molecule has 0 fully saturated rings. The highest BCUT2D eigenvalue weighted by Gasteiger charge is 2.12. The molecule has 0 spiro atoms. The predicted octanol–water partition coefficient (Wildman–Crippen LogP) is 4.74. The Hall–Kier alpha value is -1.34. The molecule has 0 aromatic heterocycles. The smallest absolute Gasteiger partial charge is 0.163 e. The molecule has 0 heterocycles. The summed E-state index contributed by atoms with van der Waals surface area (Å²) in [5.41, 5.74) is 1.94. The fourth-order valence-electron chi connectivity index (χ4n) is 2.26. The van der Waals surface area contributed by atoms with Crippen molar-refractivity contribution in [2.24, 2.45) is 0 Å². The van der Waals surface area contributed by atoms with Crippen molar-refractivity contribution >= 4 is 28.2 Å². The van der Waals surface area contributed by atoms with Crippen LogP contribution in [0, 0.1) is 6.92 Å². The van der Waals surface area contributed by atoms with Gasteiger partial charge in [-0.15, -0.1) is 11.6 Å². The van der Waals surface area contributed by atoms with Gasteiger partial charge in [0.2, 0.25) is 0 Å². The summed E-state index contributed by atoms with van der Waals surface area (Å²) in [5, 5.41) is 2.19. The molecule has 18 heavy (non-hydrogen) atoms. The van der Waals surface area contributed by atoms with Crippen LogP contribution in [0.15, 0.2) is 36.4 Å². The molecule has 2 heteroatoms. The molecule has 0 amide bonds. The molecule has 0 bridgehead atoms. The van der Waals surface area contributed by atoms with Gasteiger partial charge < -0.3 is 0 Å². The molecule has 2 rings (SSSR count). The normalized spacial score (nSPS) is 10.8. The first-order valence-electron chi connectivity index (χ1n) is 6.31. The van der Waals surface area contributed by atoms with E-state index in [1.54, 1.807) is 0 Å². The number of carbonyl (C=O) groups is 1. The van der Waals surface area contributed by atoms with Crippen molar-refractivity contribution in [1.82, 2.24) is 0 Å². The van der Waals surface area contributed by atoms with E-state index in [1.807, 2.05) is 37.3 Å². The van der Waals surface area contributed by atoms with Crippen LogP contribution in [-0.4, -0.2) is 11.7 Å². The number of hydrogen-bond donors (Lipinski definition) is 0. The summed E-state index contributed by atoms with van der Waals surface area (Å²) in [5.74, 6) is 0.858. The van der Waals surface area contributed by atoms with E-state index in [2.05, 4.69) is 6.07 Å². The van der Waals surface area contributed by atoms with E-state index in [0.29, 0.717) is 12.3 Å². The van der Waals surface area contributed by atoms with E-state index in [9.17, 15) is 4.79 Å². The molecule has 0 unspecified atom stereocenters. The third-order valence-corrected chi connectivity index (χ3v) is 3.47. The molecule has 0 saturated heterocycles. The lowest BCUT2D eigenvalue weighted by Crippen LogP contribution is -2.03. The molecule has 0 aliphatic carbocycles. The van der Waals surface area contributed by atoms with Crippen LogP contribution in [0.2, 0.25) is 0 Å². The first-order chi connectivity index (χ1) is 8.74. The average Bonchev–Trinajstić information content (AvgIpc) is 2.38. The van der Waals surface area contributed by atoms with Crippen molar-refractivity contribution in [1.29, 1.82) is 0 Å². The molecule has 0 aliphatic rings. The minimum absolute atomic E-state index is 0.231. The number of ketones is 1. The number of rotatable bonds is 5. The van der Waals surface area contributed by atoms with Crippen LogP contribution in [0.25, 0.3) is 10.8 Å². The molecule has 0 saturated carbocycles. The van der Waals surface area contributed by atoms with E-state index in [1.165, 1.54) is 0 Å². The fraction of sp³-hybridized carbons (Fsp3) is 0.312. The molecule has 94 valence electrons. The lowest BCUT2D eigenvalue weighted by Gasteiger charge is -2.09. The zero-order valence-corrected chi connectivity index (χ0v) is 11.3. The molecule has 2 aromatic rings. The van der Waals surface area contributed by atoms with Crippen LogP contribution in [-0.2, 0) is 0 Å². The number of hydrogen-bond acceptors (Lipinski definition) is 1. The van der Waals surface area contributed by atoms with Gasteiger partial charge in [-0.25, -0.2) is 0 Å². The van der Waals surface area contributed by atoms with Crippen molar-refractivity contribution in [2.45, 2.75) is 26.2 Å². The van der Waals surface area contributed by atoms with Crippen molar-refractivity contribution in [3.05, 3.63) is 47.5 Å². The van der Waals surface area contributed by atoms with E-state index < -0.39 is 0 Å². The summed E-state index contributed by atoms with van der Waals surface area (Å²) in [4.78, 5) is 12.3. The molecule has 0 N–H and O–H groups in total. The number of aryl methyl sites for hydroxylation is 1. The van der Waals surface area contributed by atoms with Crippen LogP contribution in [0.1, 0.15) is 35.2 Å². The van der Waals surface area contributed by atoms with Gasteiger partial charge in [0.1, 0.15) is 0 Å². The second-order valence-electron chi connectivity index (χ2n) is 4.55. The first kappa shape index (κ1) is 13.1. The van der Waals surface area contributed by atoms with Crippen molar-refractivity contribution in [3.63, 3.8) is 0 Å². The maximum Gasteiger partial charge on any atom is 0.163 e. The number of Topliss-reactive ketones (excluding diaryl/α,β-unsaturated/α-hetero) is 1. The van der Waals surface area contributed by atoms with Crippen LogP contribution in [0.3, 0.4) is 0 Å². The van der Waals surface area contributed by atoms with Gasteiger partial charge in [-0.1, -0.05) is 36.4 Å². The third kappa shape index (κ3) is 2.73. The van der Waals surface area contributed by atoms with Gasteiger partial charge in [-0.05, 0) is 36.1 Å². The third-order valence-electron chi connectivity index (χ3n) is 3.20. The Kier molecular flexibility index (Phi) is 4.38. The van der Waals surface area contributed by atoms with Gasteiger partial charge in [0.05, 0.1) is 0 Å². The minimum Gasteiger partial charge on any atom is -0.294 e. The molecule has 2 aromatic carbocycles. The first-order valence-corrected chi connectivity index (χ1v) is 6.85. The number of alkyl halides is 1. The Morgan fingerprint density at radius 1 is 1.11 bits per heavy atom. The fourth-order valence-corrected chi connectivity index (χ4v) is 2.44. The summed E-state index contributed by atoms with van der Waals surface area (Å²) < 4.78 is 0. The van der Waals surface area contributed by atoms with Gasteiger partial charge >= 0.3 is 0 Å². The number of carbonyl (C=O) groups excluding carboxylic acids is 1. The Labute approximate surface area is 113 Å². The summed E-state index contributed by atoms with van der Waals surface area (Å²) in [6, 6.07) is 12.1. The van der Waals surface area contributed by atoms with Gasteiger partial charge in [0.15, 0.2) is 5.78 Å². The molecular weight excluding hydrogens is 244 g/mol. The highest BCUT2D eigenvalue weighted by atomic mass is 35.5. The second-order valence-corrected chi connectivity index (χ2v) is 4.93. The number of fused-ring (bicyclic) bond motifs is 1. The van der Waals surface area contributed by atoms with Gasteiger partial charge in [0, 0.05) is 17.9 Å². The van der Waals surface area contributed by atoms with Crippen molar-refractivity contribution < 1.29 is 4.79 Å². The van der Waals surface area contributed by atoms with Crippen molar-refractivity contribution in [3.8, 4) is 0 Å². The zero-order chi connectivity index (χ0) is 13.0. The quantitative estimate of drug-likeness (QED) is 0.431. The summed E-state index contributed by atoms with van der Waals surface area (Å²) in [6.45, 7) is 2.00. The molecular formula is C16H17ClO. The zero-order valence-electron chi connectivity index (χ0n) is 10.6. The Balaban J connectivity index is 2.36. The van der Waals surface area contributed by atoms with E-state index in [0.717, 1.165) is 34.7 Å². The summed E-state index contributed by atoms with van der Waals surface area (Å²) in [7, 11) is 0. The lowest BCUT2D eigenvalue weighted by atomic mass is 9.94. The molecule has 0 atom stereocenters. The lowest BCUT2D eigenvalue weighted by molar-refractivity contribution is 0.0981. The van der Waals surface area contributed by atoms with E-state index in [-0.39, 0.29) is 5.78 Å². The Morgan fingerprint density at radius 3 is 2.67 bits per heavy atom. The molecule has 0 aliphatic heterocycles. The highest BCUT2D eigenvalue weighted by Crippen LogP contribution is 2.24. The maximum absolute atomic E-state index is 12.3.